The number of nitrogens with one attached hydrogen (secondary N) is 2. The smallest absolute Gasteiger partial charge is 0.255 e. The number of anilines is 1. The van der Waals surface area contributed by atoms with Gasteiger partial charge in [0.1, 0.15) is 0 Å². The Morgan fingerprint density at radius 2 is 1.57 bits per heavy atom. The first-order chi connectivity index (χ1) is 13.5. The van der Waals surface area contributed by atoms with Crippen molar-refractivity contribution in [2.24, 2.45) is 0 Å². The number of hydrogen-bond donors (Lipinski definition) is 2. The quantitative estimate of drug-likeness (QED) is 0.628. The molecule has 3 aromatic carbocycles. The van der Waals surface area contributed by atoms with Gasteiger partial charge in [-0.25, -0.2) is 0 Å². The van der Waals surface area contributed by atoms with Crippen molar-refractivity contribution in [2.75, 3.05) is 11.9 Å². The Morgan fingerprint density at radius 1 is 0.857 bits per heavy atom. The molecule has 0 atom stereocenters. The summed E-state index contributed by atoms with van der Waals surface area (Å²) in [6.07, 6.45) is 0.680. The van der Waals surface area contributed by atoms with Crippen molar-refractivity contribution < 1.29 is 9.59 Å². The normalized spacial score (nSPS) is 10.4. The number of aryl methyl sites for hydroxylation is 1. The highest BCUT2D eigenvalue weighted by Crippen LogP contribution is 2.15. The van der Waals surface area contributed by atoms with Crippen molar-refractivity contribution in [3.63, 3.8) is 0 Å². The molecule has 3 aromatic rings. The topological polar surface area (TPSA) is 58.2 Å². The predicted molar refractivity (Wildman–Crippen MR) is 113 cm³/mol. The largest absolute Gasteiger partial charge is 0.352 e. The Kier molecular flexibility index (Phi) is 6.45. The van der Waals surface area contributed by atoms with Gasteiger partial charge in [0.15, 0.2) is 0 Å². The minimum atomic E-state index is -0.247. The van der Waals surface area contributed by atoms with E-state index in [1.807, 2.05) is 55.5 Å². The highest BCUT2D eigenvalue weighted by Gasteiger charge is 2.11. The highest BCUT2D eigenvalue weighted by molar-refractivity contribution is 6.30. The lowest BCUT2D eigenvalue weighted by molar-refractivity contribution is 0.0954. The lowest BCUT2D eigenvalue weighted by atomic mass is 10.1. The van der Waals surface area contributed by atoms with E-state index in [9.17, 15) is 9.59 Å². The number of hydrogen-bond acceptors (Lipinski definition) is 2. The average molecular weight is 393 g/mol. The third-order valence-corrected chi connectivity index (χ3v) is 4.60. The summed E-state index contributed by atoms with van der Waals surface area (Å²) >= 11 is 5.97. The van der Waals surface area contributed by atoms with E-state index in [2.05, 4.69) is 10.6 Å². The van der Waals surface area contributed by atoms with Crippen LogP contribution in [0.4, 0.5) is 5.69 Å². The third kappa shape index (κ3) is 5.21. The van der Waals surface area contributed by atoms with Gasteiger partial charge in [-0.2, -0.15) is 0 Å². The molecule has 0 aliphatic heterocycles. The third-order valence-electron chi connectivity index (χ3n) is 4.37. The molecule has 0 heterocycles. The number of amides is 2. The molecule has 2 amide bonds. The minimum absolute atomic E-state index is 0.215. The summed E-state index contributed by atoms with van der Waals surface area (Å²) in [4.78, 5) is 24.9. The lowest BCUT2D eigenvalue weighted by Crippen LogP contribution is -2.26. The van der Waals surface area contributed by atoms with Crippen LogP contribution in [0.25, 0.3) is 0 Å². The van der Waals surface area contributed by atoms with E-state index in [0.717, 1.165) is 16.8 Å². The van der Waals surface area contributed by atoms with Gasteiger partial charge in [0.05, 0.1) is 0 Å². The van der Waals surface area contributed by atoms with E-state index in [1.165, 1.54) is 0 Å². The summed E-state index contributed by atoms with van der Waals surface area (Å²) in [6.45, 7) is 2.41. The van der Waals surface area contributed by atoms with Gasteiger partial charge in [-0.05, 0) is 60.9 Å². The van der Waals surface area contributed by atoms with Gasteiger partial charge in [-0.1, -0.05) is 48.0 Å². The lowest BCUT2D eigenvalue weighted by Gasteiger charge is -2.10. The molecule has 0 spiro atoms. The van der Waals surface area contributed by atoms with Crippen LogP contribution < -0.4 is 10.6 Å². The fourth-order valence-electron chi connectivity index (χ4n) is 2.82. The first kappa shape index (κ1) is 19.6. The first-order valence-electron chi connectivity index (χ1n) is 9.02. The maximum absolute atomic E-state index is 12.5. The van der Waals surface area contributed by atoms with Crippen LogP contribution in [0, 0.1) is 6.92 Å². The Hall–Kier alpha value is -3.11. The molecule has 0 aromatic heterocycles. The Bertz CT molecular complexity index is 1000. The molecule has 0 fully saturated rings. The van der Waals surface area contributed by atoms with E-state index in [-0.39, 0.29) is 11.8 Å². The second kappa shape index (κ2) is 9.20. The zero-order valence-corrected chi connectivity index (χ0v) is 16.3. The molecule has 0 aliphatic carbocycles. The number of rotatable bonds is 6. The molecule has 142 valence electrons. The van der Waals surface area contributed by atoms with Gasteiger partial charge < -0.3 is 10.6 Å². The van der Waals surface area contributed by atoms with Crippen LogP contribution in [-0.2, 0) is 6.42 Å². The summed E-state index contributed by atoms with van der Waals surface area (Å²) in [5.41, 5.74) is 3.67. The molecule has 0 saturated carbocycles. The minimum Gasteiger partial charge on any atom is -0.352 e. The van der Waals surface area contributed by atoms with Gasteiger partial charge in [-0.3, -0.25) is 9.59 Å². The van der Waals surface area contributed by atoms with Gasteiger partial charge >= 0.3 is 0 Å². The van der Waals surface area contributed by atoms with Gasteiger partial charge in [0.25, 0.3) is 11.8 Å². The number of carbonyl (C=O) groups is 2. The van der Waals surface area contributed by atoms with Crippen LogP contribution in [0.2, 0.25) is 5.02 Å². The van der Waals surface area contributed by atoms with Crippen LogP contribution >= 0.6 is 11.6 Å². The van der Waals surface area contributed by atoms with Crippen molar-refractivity contribution in [1.82, 2.24) is 5.32 Å². The summed E-state index contributed by atoms with van der Waals surface area (Å²) in [6, 6.07) is 21.8. The number of halogens is 1. The monoisotopic (exact) mass is 392 g/mol. The van der Waals surface area contributed by atoms with Crippen LogP contribution in [0.5, 0.6) is 0 Å². The molecule has 5 heteroatoms. The Balaban J connectivity index is 1.61. The number of para-hydroxylation sites is 1. The van der Waals surface area contributed by atoms with E-state index in [1.54, 1.807) is 24.3 Å². The molecule has 2 N–H and O–H groups in total. The van der Waals surface area contributed by atoms with Gasteiger partial charge in [-0.15, -0.1) is 0 Å². The van der Waals surface area contributed by atoms with E-state index in [0.29, 0.717) is 29.1 Å². The van der Waals surface area contributed by atoms with Crippen LogP contribution in [0.15, 0.2) is 72.8 Å². The molecule has 0 aliphatic rings. The Labute approximate surface area is 169 Å². The fourth-order valence-corrected chi connectivity index (χ4v) is 3.04. The van der Waals surface area contributed by atoms with Gasteiger partial charge in [0.2, 0.25) is 0 Å². The number of benzene rings is 3. The van der Waals surface area contributed by atoms with Crippen molar-refractivity contribution in [1.29, 1.82) is 0 Å². The molecular formula is C23H21ClN2O2. The standard InChI is InChI=1S/C23H21ClN2O2/c1-16-6-2-3-11-21(16)26-23(28)19-9-5-8-18(15-19)22(27)25-13-12-17-7-4-10-20(24)14-17/h2-11,14-15H,12-13H2,1H3,(H,25,27)(H,26,28). The van der Waals surface area contributed by atoms with E-state index >= 15 is 0 Å². The summed E-state index contributed by atoms with van der Waals surface area (Å²) in [5, 5.41) is 6.43. The van der Waals surface area contributed by atoms with Crippen molar-refractivity contribution in [3.8, 4) is 0 Å². The van der Waals surface area contributed by atoms with E-state index < -0.39 is 0 Å². The predicted octanol–water partition coefficient (Wildman–Crippen LogP) is 4.87. The summed E-state index contributed by atoms with van der Waals surface area (Å²) in [5.74, 6) is -0.463. The van der Waals surface area contributed by atoms with Crippen molar-refractivity contribution in [3.05, 3.63) is 100 Å². The van der Waals surface area contributed by atoms with Crippen LogP contribution in [0.1, 0.15) is 31.8 Å². The maximum Gasteiger partial charge on any atom is 0.255 e. The second-order valence-electron chi connectivity index (χ2n) is 6.49. The molecule has 3 rings (SSSR count). The van der Waals surface area contributed by atoms with Gasteiger partial charge in [0, 0.05) is 28.4 Å². The molecule has 4 nitrogen and oxygen atoms in total. The molecule has 28 heavy (non-hydrogen) atoms. The SMILES string of the molecule is Cc1ccccc1NC(=O)c1cccc(C(=O)NCCc2cccc(Cl)c2)c1. The molecular weight excluding hydrogens is 372 g/mol. The average Bonchev–Trinajstić information content (AvgIpc) is 2.70. The first-order valence-corrected chi connectivity index (χ1v) is 9.40. The summed E-state index contributed by atoms with van der Waals surface area (Å²) in [7, 11) is 0. The van der Waals surface area contributed by atoms with Crippen LogP contribution in [0.3, 0.4) is 0 Å². The maximum atomic E-state index is 12.5. The summed E-state index contributed by atoms with van der Waals surface area (Å²) < 4.78 is 0. The molecule has 0 saturated heterocycles. The molecule has 0 radical (unpaired) electrons. The fraction of sp³-hybridized carbons (Fsp3) is 0.130. The van der Waals surface area contributed by atoms with E-state index in [4.69, 9.17) is 11.6 Å². The van der Waals surface area contributed by atoms with Crippen molar-refractivity contribution in [2.45, 2.75) is 13.3 Å². The molecule has 0 unspecified atom stereocenters. The zero-order valence-electron chi connectivity index (χ0n) is 15.5. The molecule has 0 bridgehead atoms. The van der Waals surface area contributed by atoms with Crippen molar-refractivity contribution >= 4 is 29.1 Å². The number of carbonyl (C=O) groups excluding carboxylic acids is 2. The highest BCUT2D eigenvalue weighted by atomic mass is 35.5. The Morgan fingerprint density at radius 3 is 2.32 bits per heavy atom. The second-order valence-corrected chi connectivity index (χ2v) is 6.92. The van der Waals surface area contributed by atoms with Crippen LogP contribution in [-0.4, -0.2) is 18.4 Å². The zero-order chi connectivity index (χ0) is 19.9.